The van der Waals surface area contributed by atoms with Gasteiger partial charge in [0.05, 0.1) is 18.6 Å². The highest BCUT2D eigenvalue weighted by molar-refractivity contribution is 5.77. The molecule has 0 radical (unpaired) electrons. The van der Waals surface area contributed by atoms with Crippen molar-refractivity contribution in [1.82, 2.24) is 0 Å². The predicted octanol–water partition coefficient (Wildman–Crippen LogP) is 2.88. The summed E-state index contributed by atoms with van der Waals surface area (Å²) < 4.78 is 10.6. The lowest BCUT2D eigenvalue weighted by Gasteiger charge is -2.36. The van der Waals surface area contributed by atoms with E-state index in [0.717, 1.165) is 0 Å². The third-order valence-electron chi connectivity index (χ3n) is 3.51. The average Bonchev–Trinajstić information content (AvgIpc) is 2.24. The molecule has 0 bridgehead atoms. The molecule has 0 amide bonds. The average molecular weight is 230 g/mol. The Morgan fingerprint density at radius 2 is 1.75 bits per heavy atom. The molecule has 2 atom stereocenters. The number of hydrogen-bond donors (Lipinski definition) is 0. The van der Waals surface area contributed by atoms with E-state index in [9.17, 15) is 4.79 Å². The fraction of sp³-hybridized carbons (Fsp3) is 0.923. The Kier molecular flexibility index (Phi) is 6.65. The highest BCUT2D eigenvalue weighted by Gasteiger charge is 2.43. The van der Waals surface area contributed by atoms with Crippen LogP contribution in [0.3, 0.4) is 0 Å². The van der Waals surface area contributed by atoms with Crippen molar-refractivity contribution in [3.05, 3.63) is 0 Å². The number of rotatable bonds is 7. The molecule has 0 saturated heterocycles. The van der Waals surface area contributed by atoms with Gasteiger partial charge in [0.25, 0.3) is 0 Å². The molecule has 0 aromatic carbocycles. The Hall–Kier alpha value is -0.570. The molecule has 3 nitrogen and oxygen atoms in total. The van der Waals surface area contributed by atoms with Crippen LogP contribution in [-0.4, -0.2) is 25.8 Å². The Balaban J connectivity index is 4.73. The molecular formula is C13H26O3. The molecule has 3 heteroatoms. The van der Waals surface area contributed by atoms with Crippen LogP contribution in [0.15, 0.2) is 0 Å². The molecule has 96 valence electrons. The molecule has 0 heterocycles. The minimum absolute atomic E-state index is 0.114. The monoisotopic (exact) mass is 230 g/mol. The van der Waals surface area contributed by atoms with Crippen molar-refractivity contribution in [2.45, 2.75) is 41.5 Å². The van der Waals surface area contributed by atoms with E-state index < -0.39 is 5.41 Å². The molecule has 0 aromatic heterocycles. The van der Waals surface area contributed by atoms with Gasteiger partial charge in [-0.3, -0.25) is 4.79 Å². The molecule has 0 aliphatic rings. The summed E-state index contributed by atoms with van der Waals surface area (Å²) in [6.45, 7) is 13.6. The zero-order valence-corrected chi connectivity index (χ0v) is 11.5. The third kappa shape index (κ3) is 3.48. The highest BCUT2D eigenvalue weighted by Crippen LogP contribution is 2.37. The Morgan fingerprint density at radius 1 is 1.19 bits per heavy atom. The van der Waals surface area contributed by atoms with Crippen molar-refractivity contribution < 1.29 is 14.3 Å². The van der Waals surface area contributed by atoms with Gasteiger partial charge in [-0.05, 0) is 32.6 Å². The zero-order valence-electron chi connectivity index (χ0n) is 11.5. The molecule has 2 unspecified atom stereocenters. The van der Waals surface area contributed by atoms with Crippen molar-refractivity contribution in [2.24, 2.45) is 17.3 Å². The van der Waals surface area contributed by atoms with Crippen LogP contribution in [0.2, 0.25) is 0 Å². The number of ether oxygens (including phenoxy) is 2. The molecular weight excluding hydrogens is 204 g/mol. The third-order valence-corrected chi connectivity index (χ3v) is 3.51. The Bertz CT molecular complexity index is 213. The maximum atomic E-state index is 12.0. The van der Waals surface area contributed by atoms with Crippen LogP contribution in [0, 0.1) is 17.3 Å². The SMILES string of the molecule is CCOCC(C)C(C)(C(=O)OCC)C(C)C. The second-order valence-corrected chi connectivity index (χ2v) is 4.72. The van der Waals surface area contributed by atoms with Gasteiger partial charge in [0, 0.05) is 6.61 Å². The molecule has 0 aromatic rings. The second kappa shape index (κ2) is 6.89. The normalized spacial score (nSPS) is 16.9. The summed E-state index contributed by atoms with van der Waals surface area (Å²) in [7, 11) is 0. The van der Waals surface area contributed by atoms with Crippen LogP contribution in [-0.2, 0) is 14.3 Å². The topological polar surface area (TPSA) is 35.5 Å². The van der Waals surface area contributed by atoms with Crippen LogP contribution in [0.1, 0.15) is 41.5 Å². The van der Waals surface area contributed by atoms with Crippen molar-refractivity contribution in [3.8, 4) is 0 Å². The first-order chi connectivity index (χ1) is 7.41. The van der Waals surface area contributed by atoms with Gasteiger partial charge in [0.15, 0.2) is 0 Å². The maximum Gasteiger partial charge on any atom is 0.312 e. The summed E-state index contributed by atoms with van der Waals surface area (Å²) in [5, 5.41) is 0. The van der Waals surface area contributed by atoms with E-state index in [0.29, 0.717) is 19.8 Å². The van der Waals surface area contributed by atoms with Gasteiger partial charge in [0.2, 0.25) is 0 Å². The second-order valence-electron chi connectivity index (χ2n) is 4.72. The van der Waals surface area contributed by atoms with Crippen LogP contribution < -0.4 is 0 Å². The quantitative estimate of drug-likeness (QED) is 0.631. The van der Waals surface area contributed by atoms with Crippen molar-refractivity contribution >= 4 is 5.97 Å². The van der Waals surface area contributed by atoms with Crippen molar-refractivity contribution in [2.75, 3.05) is 19.8 Å². The number of esters is 1. The Labute approximate surface area is 99.5 Å². The van der Waals surface area contributed by atoms with E-state index in [4.69, 9.17) is 9.47 Å². The maximum absolute atomic E-state index is 12.0. The first-order valence-corrected chi connectivity index (χ1v) is 6.16. The van der Waals surface area contributed by atoms with Gasteiger partial charge in [-0.15, -0.1) is 0 Å². The molecule has 0 aliphatic carbocycles. The smallest absolute Gasteiger partial charge is 0.312 e. The summed E-state index contributed by atoms with van der Waals surface area (Å²) in [5.41, 5.74) is -0.467. The lowest BCUT2D eigenvalue weighted by atomic mass is 9.70. The summed E-state index contributed by atoms with van der Waals surface area (Å²) in [6.07, 6.45) is 0. The summed E-state index contributed by atoms with van der Waals surface area (Å²) in [6, 6.07) is 0. The first-order valence-electron chi connectivity index (χ1n) is 6.16. The van der Waals surface area contributed by atoms with E-state index in [1.54, 1.807) is 0 Å². The number of carbonyl (C=O) groups excluding carboxylic acids is 1. The molecule has 16 heavy (non-hydrogen) atoms. The lowest BCUT2D eigenvalue weighted by Crippen LogP contribution is -2.42. The molecule has 0 N–H and O–H groups in total. The largest absolute Gasteiger partial charge is 0.466 e. The summed E-state index contributed by atoms with van der Waals surface area (Å²) in [4.78, 5) is 12.0. The van der Waals surface area contributed by atoms with Gasteiger partial charge in [-0.25, -0.2) is 0 Å². The summed E-state index contributed by atoms with van der Waals surface area (Å²) in [5.74, 6) is 0.283. The fourth-order valence-electron chi connectivity index (χ4n) is 1.76. The zero-order chi connectivity index (χ0) is 12.8. The molecule has 0 saturated carbocycles. The van der Waals surface area contributed by atoms with Gasteiger partial charge in [-0.2, -0.15) is 0 Å². The minimum atomic E-state index is -0.467. The molecule has 0 spiro atoms. The van der Waals surface area contributed by atoms with Gasteiger partial charge >= 0.3 is 5.97 Å². The molecule has 0 fully saturated rings. The Morgan fingerprint density at radius 3 is 2.12 bits per heavy atom. The van der Waals surface area contributed by atoms with E-state index in [2.05, 4.69) is 13.8 Å². The van der Waals surface area contributed by atoms with Crippen LogP contribution in [0.25, 0.3) is 0 Å². The molecule has 0 rings (SSSR count). The highest BCUT2D eigenvalue weighted by atomic mass is 16.5. The van der Waals surface area contributed by atoms with Crippen molar-refractivity contribution in [3.63, 3.8) is 0 Å². The van der Waals surface area contributed by atoms with Gasteiger partial charge in [-0.1, -0.05) is 20.8 Å². The van der Waals surface area contributed by atoms with Gasteiger partial charge < -0.3 is 9.47 Å². The van der Waals surface area contributed by atoms with Crippen LogP contribution in [0.5, 0.6) is 0 Å². The van der Waals surface area contributed by atoms with Crippen LogP contribution >= 0.6 is 0 Å². The van der Waals surface area contributed by atoms with E-state index in [-0.39, 0.29) is 17.8 Å². The standard InChI is InChI=1S/C13H26O3/c1-7-15-9-11(5)13(6,10(3)4)12(14)16-8-2/h10-11H,7-9H2,1-6H3. The minimum Gasteiger partial charge on any atom is -0.466 e. The van der Waals surface area contributed by atoms with E-state index in [1.807, 2.05) is 27.7 Å². The van der Waals surface area contributed by atoms with Gasteiger partial charge in [0.1, 0.15) is 0 Å². The first kappa shape index (κ1) is 15.4. The lowest BCUT2D eigenvalue weighted by molar-refractivity contribution is -0.162. The van der Waals surface area contributed by atoms with Crippen LogP contribution in [0.4, 0.5) is 0 Å². The molecule has 0 aliphatic heterocycles. The van der Waals surface area contributed by atoms with E-state index in [1.165, 1.54) is 0 Å². The number of carbonyl (C=O) groups is 1. The summed E-state index contributed by atoms with van der Waals surface area (Å²) >= 11 is 0. The fourth-order valence-corrected chi connectivity index (χ4v) is 1.76. The van der Waals surface area contributed by atoms with Crippen molar-refractivity contribution in [1.29, 1.82) is 0 Å². The number of hydrogen-bond acceptors (Lipinski definition) is 3. The predicted molar refractivity (Wildman–Crippen MR) is 65.2 cm³/mol. The van der Waals surface area contributed by atoms with E-state index >= 15 is 0 Å².